The maximum Gasteiger partial charge on any atom is 0.334 e. The fourth-order valence-corrected chi connectivity index (χ4v) is 12.0. The summed E-state index contributed by atoms with van der Waals surface area (Å²) in [5, 5.41) is 92.6. The molecule has 4 saturated heterocycles. The van der Waals surface area contributed by atoms with Gasteiger partial charge in [-0.15, -0.1) is 0 Å². The van der Waals surface area contributed by atoms with Crippen LogP contribution < -0.4 is 0 Å². The predicted molar refractivity (Wildman–Crippen MR) is 298 cm³/mol. The van der Waals surface area contributed by atoms with Crippen molar-refractivity contribution in [2.24, 2.45) is 11.8 Å². The molecule has 5 aliphatic rings. The highest BCUT2D eigenvalue weighted by molar-refractivity contribution is 5.88. The van der Waals surface area contributed by atoms with Crippen LogP contribution in [0.5, 0.6) is 0 Å². The van der Waals surface area contributed by atoms with Crippen LogP contribution in [0, 0.1) is 11.8 Å². The van der Waals surface area contributed by atoms with Gasteiger partial charge in [0.05, 0.1) is 67.5 Å². The van der Waals surface area contributed by atoms with Crippen molar-refractivity contribution in [3.8, 4) is 0 Å². The summed E-state index contributed by atoms with van der Waals surface area (Å²) >= 11 is 0. The van der Waals surface area contributed by atoms with Gasteiger partial charge < -0.3 is 102 Å². The Kier molecular flexibility index (Phi) is 25.5. The zero-order chi connectivity index (χ0) is 61.3. The van der Waals surface area contributed by atoms with E-state index in [4.69, 9.17) is 61.6 Å². The standard InChI is InChI=1S/C60H98O22/c1-30-21-31(2)25-41(61)44(72-15)28-43(78-56(67)35(6)26-40(71-14)24-32(3)23-34(5)50(33(4)22-30)80-57-49(64)48(63)52(73-16)38(9)77-57)36(7)60(69)55(74-17)54(66)59(12,45(81-60)19-18-20-70-13)82-46-27-42(62)51(37(8)75-46)79-47-29-58(11,68)53(65)39(10)76-47/h21-26,34,36-39,41-55,57,61-66,68-69H,18-20,27-29H2,1-17H3/b30-21+,31-25-,32-23+,33-22+,35-26+,40-24-/t34?,36-,37+,38+,39+,41?,42-,43?,44?,45+,46-,47-,48+,49+,50?,51+,52+,53+,54+,55+,57+,58+,59+,60-/m0/s1. The number of esters is 1. The van der Waals surface area contributed by atoms with Crippen molar-refractivity contribution < 1.29 is 107 Å². The molecule has 0 saturated carbocycles. The zero-order valence-corrected chi connectivity index (χ0v) is 51.1. The molecule has 0 aromatic heterocycles. The summed E-state index contributed by atoms with van der Waals surface area (Å²) in [5.41, 5.74) is -0.215. The van der Waals surface area contributed by atoms with Crippen LogP contribution in [0.3, 0.4) is 0 Å². The average Bonchev–Trinajstić information content (AvgIpc) is 3.40. The Labute approximate surface area is 484 Å². The monoisotopic (exact) mass is 1170 g/mol. The van der Waals surface area contributed by atoms with E-state index in [0.29, 0.717) is 12.0 Å². The molecule has 0 radical (unpaired) electrons. The van der Waals surface area contributed by atoms with Crippen molar-refractivity contribution in [2.45, 2.75) is 249 Å². The minimum absolute atomic E-state index is 0.0638. The normalized spacial score (nSPS) is 46.8. The van der Waals surface area contributed by atoms with Gasteiger partial charge >= 0.3 is 5.97 Å². The van der Waals surface area contributed by atoms with Gasteiger partial charge in [-0.25, -0.2) is 4.79 Å². The highest BCUT2D eigenvalue weighted by Crippen LogP contribution is 2.47. The molecule has 82 heavy (non-hydrogen) atoms. The number of cyclic esters (lactones) is 1. The largest absolute Gasteiger partial charge is 0.497 e. The molecule has 0 bridgehead atoms. The maximum absolute atomic E-state index is 14.5. The lowest BCUT2D eigenvalue weighted by atomic mass is 9.75. The Balaban J connectivity index is 1.49. The van der Waals surface area contributed by atoms with Crippen molar-refractivity contribution in [2.75, 3.05) is 42.2 Å². The summed E-state index contributed by atoms with van der Waals surface area (Å²) in [5.74, 6) is -4.57. The van der Waals surface area contributed by atoms with E-state index in [1.54, 1.807) is 53.7 Å². The molecule has 0 amide bonds. The third-order valence-electron chi connectivity index (χ3n) is 16.7. The van der Waals surface area contributed by atoms with Gasteiger partial charge in [0.2, 0.25) is 5.79 Å². The number of carbonyl (C=O) groups excluding carboxylic acids is 1. The van der Waals surface area contributed by atoms with Gasteiger partial charge in [-0.05, 0) is 99.8 Å². The van der Waals surface area contributed by atoms with Gasteiger partial charge in [0.1, 0.15) is 60.2 Å². The van der Waals surface area contributed by atoms with Gasteiger partial charge in [-0.1, -0.05) is 54.9 Å². The summed E-state index contributed by atoms with van der Waals surface area (Å²) in [4.78, 5) is 14.5. The van der Waals surface area contributed by atoms with Crippen LogP contribution in [-0.4, -0.2) is 223 Å². The van der Waals surface area contributed by atoms with E-state index in [1.807, 2.05) is 45.9 Å². The Bertz CT molecular complexity index is 2250. The second-order valence-corrected chi connectivity index (χ2v) is 23.6. The molecule has 22 nitrogen and oxygen atoms in total. The maximum atomic E-state index is 14.5. The number of allylic oxidation sites excluding steroid dienone is 7. The van der Waals surface area contributed by atoms with Crippen molar-refractivity contribution in [3.05, 3.63) is 70.1 Å². The Morgan fingerprint density at radius 2 is 1.35 bits per heavy atom. The Morgan fingerprint density at radius 3 is 1.95 bits per heavy atom. The van der Waals surface area contributed by atoms with Crippen LogP contribution >= 0.6 is 0 Å². The fraction of sp³-hybridized carbons (Fsp3) is 0.783. The lowest BCUT2D eigenvalue weighted by molar-refractivity contribution is -0.416. The Hall–Kier alpha value is -3.05. The third-order valence-corrected chi connectivity index (χ3v) is 16.7. The van der Waals surface area contributed by atoms with Gasteiger partial charge in [0.25, 0.3) is 0 Å². The van der Waals surface area contributed by atoms with Crippen molar-refractivity contribution in [1.29, 1.82) is 0 Å². The zero-order valence-electron chi connectivity index (χ0n) is 51.1. The summed E-state index contributed by atoms with van der Waals surface area (Å²) in [7, 11) is 7.10. The first-order valence-electron chi connectivity index (χ1n) is 28.5. The van der Waals surface area contributed by atoms with Crippen molar-refractivity contribution in [3.63, 3.8) is 0 Å². The molecule has 24 atom stereocenters. The number of hydrogen-bond acceptors (Lipinski definition) is 22. The molecule has 0 aromatic rings. The molecule has 5 heterocycles. The van der Waals surface area contributed by atoms with Gasteiger partial charge in [0, 0.05) is 65.8 Å². The smallest absolute Gasteiger partial charge is 0.334 e. The average molecular weight is 1170 g/mol. The second kappa shape index (κ2) is 30.0. The van der Waals surface area contributed by atoms with Crippen molar-refractivity contribution >= 4 is 5.97 Å². The number of hydrogen-bond donors (Lipinski definition) is 8. The van der Waals surface area contributed by atoms with Gasteiger partial charge in [-0.2, -0.15) is 0 Å². The number of carbonyl (C=O) groups is 1. The van der Waals surface area contributed by atoms with E-state index in [-0.39, 0.29) is 49.5 Å². The molecule has 470 valence electrons. The molecule has 8 N–H and O–H groups in total. The fourth-order valence-electron chi connectivity index (χ4n) is 12.0. The number of rotatable bonds is 16. The first kappa shape index (κ1) is 69.7. The van der Waals surface area contributed by atoms with Crippen LogP contribution in [-0.2, 0) is 66.4 Å². The van der Waals surface area contributed by atoms with Crippen LogP contribution in [0.25, 0.3) is 0 Å². The lowest BCUT2D eigenvalue weighted by Crippen LogP contribution is -2.74. The molecular weight excluding hydrogens is 1070 g/mol. The van der Waals surface area contributed by atoms with Crippen LogP contribution in [0.15, 0.2) is 70.1 Å². The molecular formula is C60H98O22. The summed E-state index contributed by atoms with van der Waals surface area (Å²) in [6, 6.07) is 0. The summed E-state index contributed by atoms with van der Waals surface area (Å²) in [6.45, 7) is 20.8. The molecule has 4 fully saturated rings. The number of aliphatic hydroxyl groups excluding tert-OH is 6. The molecule has 5 rings (SSSR count). The first-order valence-corrected chi connectivity index (χ1v) is 28.5. The van der Waals surface area contributed by atoms with E-state index >= 15 is 0 Å². The second-order valence-electron chi connectivity index (χ2n) is 23.6. The molecule has 5 unspecified atom stereocenters. The summed E-state index contributed by atoms with van der Waals surface area (Å²) < 4.78 is 79.0. The van der Waals surface area contributed by atoms with Crippen molar-refractivity contribution in [1.82, 2.24) is 0 Å². The van der Waals surface area contributed by atoms with E-state index in [0.717, 1.165) is 16.7 Å². The number of methoxy groups -OCH3 is 5. The van der Waals surface area contributed by atoms with E-state index in [1.165, 1.54) is 55.5 Å². The summed E-state index contributed by atoms with van der Waals surface area (Å²) in [6.07, 6.45) is -10.3. The molecule has 0 spiro atoms. The quantitative estimate of drug-likeness (QED) is 0.0804. The van der Waals surface area contributed by atoms with E-state index in [9.17, 15) is 45.6 Å². The molecule has 22 heteroatoms. The van der Waals surface area contributed by atoms with E-state index < -0.39 is 145 Å². The molecule has 5 aliphatic heterocycles. The van der Waals surface area contributed by atoms with E-state index in [2.05, 4.69) is 0 Å². The predicted octanol–water partition coefficient (Wildman–Crippen LogP) is 3.87. The number of ether oxygens (including phenoxy) is 13. The minimum atomic E-state index is -2.43. The van der Waals surface area contributed by atoms with Gasteiger partial charge in [0.15, 0.2) is 18.9 Å². The van der Waals surface area contributed by atoms with Crippen LogP contribution in [0.4, 0.5) is 0 Å². The minimum Gasteiger partial charge on any atom is -0.497 e. The molecule has 0 aromatic carbocycles. The first-order chi connectivity index (χ1) is 38.4. The highest BCUT2D eigenvalue weighted by atomic mass is 16.7. The molecule has 0 aliphatic carbocycles. The third kappa shape index (κ3) is 16.7. The highest BCUT2D eigenvalue weighted by Gasteiger charge is 2.64. The Morgan fingerprint density at radius 1 is 0.707 bits per heavy atom. The lowest BCUT2D eigenvalue weighted by Gasteiger charge is -2.57. The van der Waals surface area contributed by atoms with Crippen LogP contribution in [0.2, 0.25) is 0 Å². The SMILES string of the molecule is COCCC[C@H]1O[C@@](O)([C@@H](C)C2CC(OC)C(O)\C=C(C)/C=C(C)/C=C(\C)C(O[C@H]3O[C@H](C)[C@@H](OC)[C@H](O)[C@H]3O)C(C)/C=C(C)/C=C(OC)/C=C(\C)C(=O)O2)[C@H](OC)[C@@H](O)[C@]1(C)O[C@H]1C[C@H](O)[C@H](O[C@H]2C[C@@](C)(O)[C@H](O)[C@@H](C)O2)[C@@H](C)O1. The van der Waals surface area contributed by atoms with Crippen LogP contribution in [0.1, 0.15) is 115 Å². The topological polar surface area (TPSA) is 299 Å². The van der Waals surface area contributed by atoms with Gasteiger partial charge in [-0.3, -0.25) is 0 Å². The number of aliphatic hydroxyl groups is 8.